The van der Waals surface area contributed by atoms with E-state index in [4.69, 9.17) is 15.6 Å². The van der Waals surface area contributed by atoms with Crippen molar-refractivity contribution in [2.45, 2.75) is 12.5 Å². The molecule has 1 aromatic heterocycles. The Labute approximate surface area is 93.3 Å². The van der Waals surface area contributed by atoms with Gasteiger partial charge in [-0.1, -0.05) is 0 Å². The predicted octanol–water partition coefficient (Wildman–Crippen LogP) is -0.777. The first-order chi connectivity index (χ1) is 7.50. The molecule has 0 fully saturated rings. The highest BCUT2D eigenvalue weighted by atomic mass is 16.5. The lowest BCUT2D eigenvalue weighted by Crippen LogP contribution is -2.37. The molecule has 0 aliphatic heterocycles. The van der Waals surface area contributed by atoms with E-state index in [1.165, 1.54) is 20.4 Å². The standard InChI is InChI=1S/C9H16N4O3/c1-9(15,4-14)3-11-7-6(10)8(16-2)13-5-12-7/h5,14-15H,3-4,10H2,1-2H3,(H,11,12,13). The summed E-state index contributed by atoms with van der Waals surface area (Å²) in [7, 11) is 1.45. The Morgan fingerprint density at radius 1 is 1.56 bits per heavy atom. The first-order valence-corrected chi connectivity index (χ1v) is 4.72. The summed E-state index contributed by atoms with van der Waals surface area (Å²) in [5.41, 5.74) is 4.74. The quantitative estimate of drug-likeness (QED) is 0.523. The fraction of sp³-hybridized carbons (Fsp3) is 0.556. The number of methoxy groups -OCH3 is 1. The van der Waals surface area contributed by atoms with Gasteiger partial charge in [0.1, 0.15) is 17.6 Å². The molecule has 90 valence electrons. The van der Waals surface area contributed by atoms with Crippen molar-refractivity contribution in [3.63, 3.8) is 0 Å². The van der Waals surface area contributed by atoms with Crippen LogP contribution in [0.3, 0.4) is 0 Å². The molecular weight excluding hydrogens is 212 g/mol. The van der Waals surface area contributed by atoms with Crippen molar-refractivity contribution in [1.82, 2.24) is 9.97 Å². The summed E-state index contributed by atoms with van der Waals surface area (Å²) >= 11 is 0. The van der Waals surface area contributed by atoms with Gasteiger partial charge < -0.3 is 26.0 Å². The molecule has 7 heteroatoms. The maximum atomic E-state index is 9.57. The molecule has 0 aliphatic carbocycles. The molecule has 7 nitrogen and oxygen atoms in total. The van der Waals surface area contributed by atoms with Crippen molar-refractivity contribution in [2.75, 3.05) is 31.3 Å². The number of aromatic nitrogens is 2. The van der Waals surface area contributed by atoms with E-state index in [1.807, 2.05) is 0 Å². The smallest absolute Gasteiger partial charge is 0.242 e. The fourth-order valence-electron chi connectivity index (χ4n) is 1.01. The van der Waals surface area contributed by atoms with Gasteiger partial charge >= 0.3 is 0 Å². The van der Waals surface area contributed by atoms with Crippen LogP contribution in [0.15, 0.2) is 6.33 Å². The molecule has 5 N–H and O–H groups in total. The van der Waals surface area contributed by atoms with Crippen LogP contribution in [0.1, 0.15) is 6.92 Å². The SMILES string of the molecule is COc1ncnc(NCC(C)(O)CO)c1N. The van der Waals surface area contributed by atoms with Gasteiger partial charge in [0.05, 0.1) is 13.7 Å². The van der Waals surface area contributed by atoms with Crippen LogP contribution in [0, 0.1) is 0 Å². The molecule has 0 aromatic carbocycles. The van der Waals surface area contributed by atoms with Crippen LogP contribution < -0.4 is 15.8 Å². The van der Waals surface area contributed by atoms with Crippen LogP contribution in [-0.2, 0) is 0 Å². The van der Waals surface area contributed by atoms with Gasteiger partial charge in [-0.2, -0.15) is 4.98 Å². The van der Waals surface area contributed by atoms with E-state index in [1.54, 1.807) is 0 Å². The Morgan fingerprint density at radius 3 is 2.81 bits per heavy atom. The summed E-state index contributed by atoms with van der Waals surface area (Å²) in [6.45, 7) is 1.25. The molecule has 16 heavy (non-hydrogen) atoms. The van der Waals surface area contributed by atoms with Crippen LogP contribution in [0.4, 0.5) is 11.5 Å². The van der Waals surface area contributed by atoms with E-state index < -0.39 is 5.60 Å². The maximum absolute atomic E-state index is 9.57. The average molecular weight is 228 g/mol. The van der Waals surface area contributed by atoms with Gasteiger partial charge in [-0.3, -0.25) is 0 Å². The molecule has 0 amide bonds. The minimum absolute atomic E-state index is 0.119. The third-order valence-corrected chi connectivity index (χ3v) is 2.02. The molecule has 1 unspecified atom stereocenters. The molecule has 0 saturated heterocycles. The molecule has 0 spiro atoms. The number of ether oxygens (including phenoxy) is 1. The van der Waals surface area contributed by atoms with E-state index in [0.717, 1.165) is 0 Å². The number of hydrogen-bond donors (Lipinski definition) is 4. The Kier molecular flexibility index (Phi) is 3.86. The molecule has 0 aliphatic rings. The lowest BCUT2D eigenvalue weighted by atomic mass is 10.1. The number of nitrogens with one attached hydrogen (secondary N) is 1. The largest absolute Gasteiger partial charge is 0.479 e. The summed E-state index contributed by atoms with van der Waals surface area (Å²) < 4.78 is 4.92. The van der Waals surface area contributed by atoms with E-state index >= 15 is 0 Å². The molecule has 1 aromatic rings. The normalized spacial score (nSPS) is 14.2. The third kappa shape index (κ3) is 2.94. The van der Waals surface area contributed by atoms with Crippen LogP contribution in [0.5, 0.6) is 5.88 Å². The second-order valence-corrected chi connectivity index (χ2v) is 3.65. The Balaban J connectivity index is 2.75. The third-order valence-electron chi connectivity index (χ3n) is 2.02. The van der Waals surface area contributed by atoms with Gasteiger partial charge in [-0.05, 0) is 6.92 Å². The van der Waals surface area contributed by atoms with Crippen molar-refractivity contribution in [1.29, 1.82) is 0 Å². The van der Waals surface area contributed by atoms with Crippen molar-refractivity contribution in [2.24, 2.45) is 0 Å². The topological polar surface area (TPSA) is 114 Å². The van der Waals surface area contributed by atoms with E-state index in [-0.39, 0.29) is 24.7 Å². The highest BCUT2D eigenvalue weighted by Crippen LogP contribution is 2.24. The fourth-order valence-corrected chi connectivity index (χ4v) is 1.01. The number of nitrogen functional groups attached to an aromatic ring is 1. The van der Waals surface area contributed by atoms with Gasteiger partial charge in [0.25, 0.3) is 0 Å². The van der Waals surface area contributed by atoms with Gasteiger partial charge in [-0.15, -0.1) is 0 Å². The molecule has 0 saturated carbocycles. The van der Waals surface area contributed by atoms with E-state index in [2.05, 4.69) is 15.3 Å². The van der Waals surface area contributed by atoms with Crippen LogP contribution in [0.25, 0.3) is 0 Å². The summed E-state index contributed by atoms with van der Waals surface area (Å²) in [6.07, 6.45) is 1.30. The summed E-state index contributed by atoms with van der Waals surface area (Å²) in [6, 6.07) is 0. The average Bonchev–Trinajstić information content (AvgIpc) is 2.28. The second-order valence-electron chi connectivity index (χ2n) is 3.65. The first kappa shape index (κ1) is 12.5. The van der Waals surface area contributed by atoms with Gasteiger partial charge in [0.15, 0.2) is 5.82 Å². The monoisotopic (exact) mass is 228 g/mol. The van der Waals surface area contributed by atoms with Crippen molar-refractivity contribution >= 4 is 11.5 Å². The highest BCUT2D eigenvalue weighted by molar-refractivity contribution is 5.66. The highest BCUT2D eigenvalue weighted by Gasteiger charge is 2.19. The number of nitrogens with zero attached hydrogens (tertiary/aromatic N) is 2. The predicted molar refractivity (Wildman–Crippen MR) is 59.2 cm³/mol. The number of aliphatic hydroxyl groups excluding tert-OH is 1. The zero-order valence-corrected chi connectivity index (χ0v) is 9.27. The molecule has 0 bridgehead atoms. The summed E-state index contributed by atoms with van der Waals surface area (Å²) in [5.74, 6) is 0.627. The minimum atomic E-state index is -1.23. The molecular formula is C9H16N4O3. The lowest BCUT2D eigenvalue weighted by molar-refractivity contribution is 0.0132. The van der Waals surface area contributed by atoms with Crippen LogP contribution in [-0.4, -0.2) is 46.0 Å². The zero-order chi connectivity index (χ0) is 12.2. The second kappa shape index (κ2) is 4.95. The summed E-state index contributed by atoms with van der Waals surface area (Å²) in [5, 5.41) is 21.3. The van der Waals surface area contributed by atoms with Gasteiger partial charge in [0, 0.05) is 6.54 Å². The first-order valence-electron chi connectivity index (χ1n) is 4.72. The number of hydrogen-bond acceptors (Lipinski definition) is 7. The van der Waals surface area contributed by atoms with E-state index in [9.17, 15) is 5.11 Å². The number of aliphatic hydroxyl groups is 2. The number of anilines is 2. The van der Waals surface area contributed by atoms with Crippen molar-refractivity contribution in [3.8, 4) is 5.88 Å². The van der Waals surface area contributed by atoms with Gasteiger partial charge in [0.2, 0.25) is 5.88 Å². The molecule has 1 heterocycles. The summed E-state index contributed by atoms with van der Waals surface area (Å²) in [4.78, 5) is 7.72. The Morgan fingerprint density at radius 2 is 2.25 bits per heavy atom. The van der Waals surface area contributed by atoms with Crippen molar-refractivity contribution in [3.05, 3.63) is 6.33 Å². The van der Waals surface area contributed by atoms with Crippen molar-refractivity contribution < 1.29 is 14.9 Å². The van der Waals surface area contributed by atoms with Crippen LogP contribution in [0.2, 0.25) is 0 Å². The Bertz CT molecular complexity index is 357. The molecule has 1 rings (SSSR count). The van der Waals surface area contributed by atoms with E-state index in [0.29, 0.717) is 5.82 Å². The van der Waals surface area contributed by atoms with Gasteiger partial charge in [-0.25, -0.2) is 4.98 Å². The lowest BCUT2D eigenvalue weighted by Gasteiger charge is -2.21. The van der Waals surface area contributed by atoms with Crippen LogP contribution >= 0.6 is 0 Å². The maximum Gasteiger partial charge on any atom is 0.242 e. The number of nitrogens with two attached hydrogens (primary N) is 1. The Hall–Kier alpha value is -1.60. The zero-order valence-electron chi connectivity index (χ0n) is 9.27. The molecule has 1 atom stereocenters. The minimum Gasteiger partial charge on any atom is -0.479 e. The number of rotatable bonds is 5. The molecule has 0 radical (unpaired) electrons.